The van der Waals surface area contributed by atoms with Crippen LogP contribution in [-0.2, 0) is 25.6 Å². The minimum atomic E-state index is -3.23. The second kappa shape index (κ2) is 22.4. The SMILES string of the molecule is CO[Si](CCCCCCCCC[Si](O[Si](C(C)C)(C(C)C)C(C)C)(O[Si](C(C)C)(C(C)C)C(C)C)O[Si](C(C)C)(C(C)C)C(C)C)(OC)OC. The molecule has 0 aliphatic heterocycles. The van der Waals surface area contributed by atoms with Crippen molar-refractivity contribution in [3.8, 4) is 0 Å². The number of hydrogen-bond donors (Lipinski definition) is 0. The van der Waals surface area contributed by atoms with Gasteiger partial charge in [0, 0.05) is 33.4 Å². The summed E-state index contributed by atoms with van der Waals surface area (Å²) in [5, 5.41) is 0. The summed E-state index contributed by atoms with van der Waals surface area (Å²) in [5.41, 5.74) is 4.24. The Bertz CT molecular complexity index is 748. The molecular formula is C39H90O6Si5. The fraction of sp³-hybridized carbons (Fsp3) is 1.00. The molecule has 0 amide bonds. The predicted molar refractivity (Wildman–Crippen MR) is 231 cm³/mol. The van der Waals surface area contributed by atoms with Gasteiger partial charge in [0.2, 0.25) is 0 Å². The van der Waals surface area contributed by atoms with Gasteiger partial charge in [-0.25, -0.2) is 0 Å². The van der Waals surface area contributed by atoms with Crippen LogP contribution in [0.3, 0.4) is 0 Å². The van der Waals surface area contributed by atoms with Crippen LogP contribution in [-0.4, -0.2) is 63.9 Å². The van der Waals surface area contributed by atoms with E-state index in [0.29, 0.717) is 49.9 Å². The molecule has 0 aromatic heterocycles. The van der Waals surface area contributed by atoms with Crippen molar-refractivity contribution in [3.63, 3.8) is 0 Å². The predicted octanol–water partition coefficient (Wildman–Crippen LogP) is 14.1. The highest BCUT2D eigenvalue weighted by molar-refractivity contribution is 6.94. The third-order valence-electron chi connectivity index (χ3n) is 12.5. The Morgan fingerprint density at radius 1 is 0.280 bits per heavy atom. The number of unbranched alkanes of at least 4 members (excludes halogenated alkanes) is 6. The van der Waals surface area contributed by atoms with Crippen LogP contribution in [0, 0.1) is 0 Å². The summed E-state index contributed by atoms with van der Waals surface area (Å²) < 4.78 is 41.6. The fourth-order valence-corrected chi connectivity index (χ4v) is 42.5. The van der Waals surface area contributed by atoms with Gasteiger partial charge in [0.15, 0.2) is 25.0 Å². The Hall–Kier alpha value is 0.844. The standard InChI is InChI=1S/C39H90O6Si5/c1-31(2)48(32(3)4,33(5)6)43-47(44-49(34(7)8,35(9)10)36(11)12,45-50(37(13)14,38(15)16)39(17)18)30-28-26-24-22-23-25-27-29-46(40-19,41-20)42-21/h31-39H,22-30H2,1-21H3. The van der Waals surface area contributed by atoms with Crippen LogP contribution in [0.2, 0.25) is 62.0 Å². The number of hydrogen-bond acceptors (Lipinski definition) is 6. The van der Waals surface area contributed by atoms with Crippen LogP contribution in [0.15, 0.2) is 0 Å². The molecule has 0 aromatic carbocycles. The Labute approximate surface area is 319 Å². The molecule has 0 saturated carbocycles. The fourth-order valence-electron chi connectivity index (χ4n) is 10.2. The smallest absolute Gasteiger partial charge is 0.415 e. The summed E-state index contributed by atoms with van der Waals surface area (Å²) in [5.74, 6) is 0. The van der Waals surface area contributed by atoms with E-state index in [1.165, 1.54) is 32.1 Å². The molecule has 0 saturated heterocycles. The molecule has 0 unspecified atom stereocenters. The van der Waals surface area contributed by atoms with E-state index in [9.17, 15) is 0 Å². The lowest BCUT2D eigenvalue weighted by Gasteiger charge is -2.56. The molecule has 0 aliphatic rings. The van der Waals surface area contributed by atoms with E-state index in [2.05, 4.69) is 125 Å². The molecule has 11 heteroatoms. The van der Waals surface area contributed by atoms with Crippen molar-refractivity contribution in [2.75, 3.05) is 21.3 Å². The zero-order chi connectivity index (χ0) is 39.3. The van der Waals surface area contributed by atoms with Crippen LogP contribution in [0.25, 0.3) is 0 Å². The molecule has 6 nitrogen and oxygen atoms in total. The highest BCUT2D eigenvalue weighted by Gasteiger charge is 2.63. The molecule has 0 fully saturated rings. The summed E-state index contributed by atoms with van der Waals surface area (Å²) in [6.45, 7) is 43.7. The molecular weight excluding hydrogens is 705 g/mol. The molecule has 0 radical (unpaired) electrons. The summed E-state index contributed by atoms with van der Waals surface area (Å²) in [6, 6.07) is 1.82. The monoisotopic (exact) mass is 795 g/mol. The minimum Gasteiger partial charge on any atom is -0.415 e. The molecule has 0 bridgehead atoms. The third-order valence-corrected chi connectivity index (χ3v) is 40.5. The lowest BCUT2D eigenvalue weighted by molar-refractivity contribution is 0.122. The molecule has 0 aromatic rings. The molecule has 302 valence electrons. The van der Waals surface area contributed by atoms with Gasteiger partial charge in [-0.3, -0.25) is 0 Å². The average Bonchev–Trinajstić information content (AvgIpc) is 3.01. The van der Waals surface area contributed by atoms with Crippen molar-refractivity contribution in [1.29, 1.82) is 0 Å². The maximum absolute atomic E-state index is 8.22. The largest absolute Gasteiger partial charge is 0.500 e. The molecule has 0 atom stereocenters. The first-order valence-electron chi connectivity index (χ1n) is 20.8. The lowest BCUT2D eigenvalue weighted by Crippen LogP contribution is -2.69. The van der Waals surface area contributed by atoms with Crippen LogP contribution < -0.4 is 0 Å². The van der Waals surface area contributed by atoms with E-state index in [4.69, 9.17) is 25.6 Å². The maximum Gasteiger partial charge on any atom is 0.500 e. The zero-order valence-corrected chi connectivity index (χ0v) is 42.5. The highest BCUT2D eigenvalue weighted by atomic mass is 28.5. The van der Waals surface area contributed by atoms with Gasteiger partial charge >= 0.3 is 17.6 Å². The average molecular weight is 796 g/mol. The van der Waals surface area contributed by atoms with E-state index in [1.54, 1.807) is 21.3 Å². The van der Waals surface area contributed by atoms with E-state index in [0.717, 1.165) is 24.9 Å². The number of rotatable bonds is 28. The van der Waals surface area contributed by atoms with Crippen molar-refractivity contribution in [2.45, 2.75) is 232 Å². The van der Waals surface area contributed by atoms with Gasteiger partial charge in [-0.2, -0.15) is 0 Å². The first kappa shape index (κ1) is 50.8. The van der Waals surface area contributed by atoms with E-state index < -0.39 is 42.6 Å². The van der Waals surface area contributed by atoms with Crippen molar-refractivity contribution < 1.29 is 25.6 Å². The van der Waals surface area contributed by atoms with Crippen molar-refractivity contribution in [2.24, 2.45) is 0 Å². The van der Waals surface area contributed by atoms with E-state index >= 15 is 0 Å². The topological polar surface area (TPSA) is 55.4 Å². The van der Waals surface area contributed by atoms with Crippen molar-refractivity contribution in [3.05, 3.63) is 0 Å². The van der Waals surface area contributed by atoms with Crippen LogP contribution in [0.1, 0.15) is 170 Å². The first-order chi connectivity index (χ1) is 23.0. The van der Waals surface area contributed by atoms with Crippen LogP contribution in [0.5, 0.6) is 0 Å². The Kier molecular flexibility index (Phi) is 22.8. The van der Waals surface area contributed by atoms with E-state index in [1.807, 2.05) is 0 Å². The van der Waals surface area contributed by atoms with Crippen LogP contribution >= 0.6 is 0 Å². The summed E-state index contributed by atoms with van der Waals surface area (Å²) >= 11 is 0. The second-order valence-corrected chi connectivity index (χ2v) is 41.1. The molecule has 50 heavy (non-hydrogen) atoms. The normalized spacial score (nSPS) is 14.5. The Morgan fingerprint density at radius 3 is 0.640 bits per heavy atom. The molecule has 0 N–H and O–H groups in total. The van der Waals surface area contributed by atoms with Crippen molar-refractivity contribution >= 4 is 42.6 Å². The van der Waals surface area contributed by atoms with Gasteiger partial charge in [0.1, 0.15) is 0 Å². The molecule has 0 aliphatic carbocycles. The van der Waals surface area contributed by atoms with Gasteiger partial charge < -0.3 is 25.6 Å². The van der Waals surface area contributed by atoms with Gasteiger partial charge in [0.25, 0.3) is 0 Å². The summed E-state index contributed by atoms with van der Waals surface area (Å²) in [4.78, 5) is 0. The van der Waals surface area contributed by atoms with Gasteiger partial charge in [-0.05, 0) is 62.7 Å². The molecule has 0 spiro atoms. The minimum absolute atomic E-state index is 0.471. The third kappa shape index (κ3) is 12.2. The Balaban J connectivity index is 7.03. The first-order valence-corrected chi connectivity index (χ1v) is 31.0. The molecule has 0 heterocycles. The maximum atomic E-state index is 8.22. The quantitative estimate of drug-likeness (QED) is 0.0581. The summed E-state index contributed by atoms with van der Waals surface area (Å²) in [7, 11) is -7.66. The summed E-state index contributed by atoms with van der Waals surface area (Å²) in [6.07, 6.45) is 8.26. The highest BCUT2D eigenvalue weighted by Crippen LogP contribution is 2.53. The zero-order valence-electron chi connectivity index (χ0n) is 37.5. The molecule has 0 rings (SSSR count). The van der Waals surface area contributed by atoms with Crippen LogP contribution in [0.4, 0.5) is 0 Å². The van der Waals surface area contributed by atoms with Gasteiger partial charge in [-0.1, -0.05) is 157 Å². The second-order valence-electron chi connectivity index (χ2n) is 18.2. The van der Waals surface area contributed by atoms with Gasteiger partial charge in [0.05, 0.1) is 0 Å². The van der Waals surface area contributed by atoms with Crippen molar-refractivity contribution in [1.82, 2.24) is 0 Å². The Morgan fingerprint density at radius 2 is 0.460 bits per heavy atom. The lowest BCUT2D eigenvalue weighted by atomic mass is 10.1. The van der Waals surface area contributed by atoms with E-state index in [-0.39, 0.29) is 0 Å². The van der Waals surface area contributed by atoms with Gasteiger partial charge in [-0.15, -0.1) is 0 Å².